The summed E-state index contributed by atoms with van der Waals surface area (Å²) in [6, 6.07) is 3.57. The van der Waals surface area contributed by atoms with E-state index in [4.69, 9.17) is 4.74 Å². The van der Waals surface area contributed by atoms with Crippen LogP contribution in [0.3, 0.4) is 0 Å². The van der Waals surface area contributed by atoms with Gasteiger partial charge < -0.3 is 4.74 Å². The van der Waals surface area contributed by atoms with Crippen LogP contribution in [0.5, 0.6) is 11.5 Å². The molecule has 22 heavy (non-hydrogen) atoms. The molecule has 0 spiro atoms. The van der Waals surface area contributed by atoms with Gasteiger partial charge in [-0.05, 0) is 30.3 Å². The number of ether oxygens (including phenoxy) is 1. The number of halogens is 7. The van der Waals surface area contributed by atoms with E-state index in [2.05, 4.69) is 15.9 Å². The Morgan fingerprint density at radius 1 is 0.909 bits per heavy atom. The summed E-state index contributed by atoms with van der Waals surface area (Å²) in [5.74, 6) is -4.65. The molecule has 0 amide bonds. The van der Waals surface area contributed by atoms with Crippen molar-refractivity contribution in [2.75, 3.05) is 0 Å². The maximum absolute atomic E-state index is 13.6. The monoisotopic (exact) mass is 384 g/mol. The summed E-state index contributed by atoms with van der Waals surface area (Å²) in [7, 11) is 0. The van der Waals surface area contributed by atoms with E-state index >= 15 is 0 Å². The van der Waals surface area contributed by atoms with Crippen LogP contribution in [0.25, 0.3) is 0 Å². The first-order valence-electron chi connectivity index (χ1n) is 5.81. The fraction of sp³-hybridized carbons (Fsp3) is 0.143. The molecule has 0 saturated heterocycles. The Bertz CT molecular complexity index is 675. The summed E-state index contributed by atoms with van der Waals surface area (Å²) in [6.07, 6.45) is -4.88. The fourth-order valence-corrected chi connectivity index (χ4v) is 2.09. The predicted octanol–water partition coefficient (Wildman–Crippen LogP) is 5.81. The molecule has 0 N–H and O–H groups in total. The molecule has 0 fully saturated rings. The first-order valence-corrected chi connectivity index (χ1v) is 6.93. The third kappa shape index (κ3) is 3.55. The number of hydrogen-bond acceptors (Lipinski definition) is 1. The zero-order valence-electron chi connectivity index (χ0n) is 10.6. The molecule has 118 valence electrons. The molecule has 0 heterocycles. The lowest BCUT2D eigenvalue weighted by Gasteiger charge is -2.12. The summed E-state index contributed by atoms with van der Waals surface area (Å²) in [4.78, 5) is 0. The highest BCUT2D eigenvalue weighted by atomic mass is 79.9. The van der Waals surface area contributed by atoms with Crippen molar-refractivity contribution in [2.45, 2.75) is 11.5 Å². The van der Waals surface area contributed by atoms with Gasteiger partial charge >= 0.3 is 6.18 Å². The summed E-state index contributed by atoms with van der Waals surface area (Å²) < 4.78 is 82.8. The van der Waals surface area contributed by atoms with Gasteiger partial charge in [-0.3, -0.25) is 0 Å². The maximum atomic E-state index is 13.6. The average molecular weight is 385 g/mol. The van der Waals surface area contributed by atoms with Crippen LogP contribution in [0.15, 0.2) is 30.3 Å². The van der Waals surface area contributed by atoms with Gasteiger partial charge in [-0.1, -0.05) is 15.9 Å². The molecule has 0 bridgehead atoms. The molecule has 0 aliphatic carbocycles. The van der Waals surface area contributed by atoms with E-state index in [0.29, 0.717) is 0 Å². The van der Waals surface area contributed by atoms with E-state index in [1.807, 2.05) is 0 Å². The van der Waals surface area contributed by atoms with Gasteiger partial charge in [0.05, 0.1) is 5.56 Å². The largest absolute Gasteiger partial charge is 0.451 e. The van der Waals surface area contributed by atoms with E-state index in [9.17, 15) is 26.3 Å². The van der Waals surface area contributed by atoms with Gasteiger partial charge in [-0.2, -0.15) is 13.2 Å². The summed E-state index contributed by atoms with van der Waals surface area (Å²) in [6.45, 7) is 0. The second-order valence-corrected chi connectivity index (χ2v) is 4.82. The van der Waals surface area contributed by atoms with E-state index in [1.54, 1.807) is 0 Å². The van der Waals surface area contributed by atoms with E-state index in [0.717, 1.165) is 12.1 Å². The molecule has 0 aliphatic heterocycles. The molecule has 2 aromatic carbocycles. The zero-order chi connectivity index (χ0) is 16.5. The Kier molecular flexibility index (Phi) is 4.69. The van der Waals surface area contributed by atoms with Gasteiger partial charge in [0, 0.05) is 10.9 Å². The quantitative estimate of drug-likeness (QED) is 0.479. The first kappa shape index (κ1) is 16.7. The third-order valence-electron chi connectivity index (χ3n) is 2.71. The van der Waals surface area contributed by atoms with Crippen molar-refractivity contribution in [1.29, 1.82) is 0 Å². The Balaban J connectivity index is 2.38. The highest BCUT2D eigenvalue weighted by Crippen LogP contribution is 2.35. The van der Waals surface area contributed by atoms with Crippen LogP contribution >= 0.6 is 15.9 Å². The van der Waals surface area contributed by atoms with Gasteiger partial charge in [0.2, 0.25) is 0 Å². The number of benzene rings is 2. The SMILES string of the molecule is Fc1ccc(Oc2c(F)cc(C(F)(F)F)cc2F)cc1CBr. The normalized spacial score (nSPS) is 11.6. The van der Waals surface area contributed by atoms with Crippen LogP contribution in [0, 0.1) is 17.5 Å². The topological polar surface area (TPSA) is 9.23 Å². The molecule has 2 aromatic rings. The van der Waals surface area contributed by atoms with Gasteiger partial charge in [0.15, 0.2) is 17.4 Å². The molecule has 8 heteroatoms. The number of hydrogen-bond donors (Lipinski definition) is 0. The second kappa shape index (κ2) is 6.20. The van der Waals surface area contributed by atoms with Crippen molar-refractivity contribution in [3.63, 3.8) is 0 Å². The van der Waals surface area contributed by atoms with Crippen molar-refractivity contribution < 1.29 is 31.1 Å². The Hall–Kier alpha value is -1.70. The van der Waals surface area contributed by atoms with Gasteiger partial charge in [0.25, 0.3) is 0 Å². The lowest BCUT2D eigenvalue weighted by atomic mass is 10.2. The van der Waals surface area contributed by atoms with Crippen LogP contribution in [-0.4, -0.2) is 0 Å². The molecule has 0 radical (unpaired) electrons. The smallest absolute Gasteiger partial charge is 0.416 e. The third-order valence-corrected chi connectivity index (χ3v) is 3.31. The Labute approximate surface area is 129 Å². The first-order chi connectivity index (χ1) is 10.2. The minimum atomic E-state index is -4.88. The molecule has 0 saturated carbocycles. The van der Waals surface area contributed by atoms with Crippen LogP contribution < -0.4 is 4.74 Å². The summed E-state index contributed by atoms with van der Waals surface area (Å²) >= 11 is 3.02. The predicted molar refractivity (Wildman–Crippen MR) is 70.5 cm³/mol. The van der Waals surface area contributed by atoms with Crippen molar-refractivity contribution >= 4 is 15.9 Å². The fourth-order valence-electron chi connectivity index (χ4n) is 1.66. The molecule has 0 atom stereocenters. The van der Waals surface area contributed by atoms with Crippen LogP contribution in [0.2, 0.25) is 0 Å². The van der Waals surface area contributed by atoms with Gasteiger partial charge in [0.1, 0.15) is 11.6 Å². The van der Waals surface area contributed by atoms with Crippen molar-refractivity contribution in [1.82, 2.24) is 0 Å². The lowest BCUT2D eigenvalue weighted by molar-refractivity contribution is -0.138. The van der Waals surface area contributed by atoms with Crippen LogP contribution in [-0.2, 0) is 11.5 Å². The molecule has 0 unspecified atom stereocenters. The van der Waals surface area contributed by atoms with Crippen molar-refractivity contribution in [2.24, 2.45) is 0 Å². The average Bonchev–Trinajstić information content (AvgIpc) is 2.43. The summed E-state index contributed by atoms with van der Waals surface area (Å²) in [5, 5.41) is 0.133. The van der Waals surface area contributed by atoms with Gasteiger partial charge in [-0.15, -0.1) is 0 Å². The molecule has 0 aliphatic rings. The van der Waals surface area contributed by atoms with Crippen molar-refractivity contribution in [3.8, 4) is 11.5 Å². The van der Waals surface area contributed by atoms with Crippen LogP contribution in [0.1, 0.15) is 11.1 Å². The number of rotatable bonds is 3. The van der Waals surface area contributed by atoms with Gasteiger partial charge in [-0.25, -0.2) is 13.2 Å². The molecular weight excluding hydrogens is 378 g/mol. The van der Waals surface area contributed by atoms with E-state index in [1.165, 1.54) is 6.07 Å². The molecular formula is C14H7BrF6O. The minimum absolute atomic E-state index is 0.103. The van der Waals surface area contributed by atoms with E-state index < -0.39 is 34.9 Å². The zero-order valence-corrected chi connectivity index (χ0v) is 12.2. The second-order valence-electron chi connectivity index (χ2n) is 4.26. The molecule has 0 aromatic heterocycles. The van der Waals surface area contributed by atoms with Crippen LogP contribution in [0.4, 0.5) is 26.3 Å². The molecule has 1 nitrogen and oxygen atoms in total. The lowest BCUT2D eigenvalue weighted by Crippen LogP contribution is -2.07. The number of alkyl halides is 4. The maximum Gasteiger partial charge on any atom is 0.416 e. The highest BCUT2D eigenvalue weighted by molar-refractivity contribution is 9.08. The minimum Gasteiger partial charge on any atom is -0.451 e. The Morgan fingerprint density at radius 3 is 2.00 bits per heavy atom. The molecule has 2 rings (SSSR count). The summed E-state index contributed by atoms with van der Waals surface area (Å²) in [5.41, 5.74) is -1.29. The Morgan fingerprint density at radius 2 is 1.50 bits per heavy atom. The standard InChI is InChI=1S/C14H7BrF6O/c15-6-7-3-9(1-2-10(7)16)22-13-11(17)4-8(5-12(13)18)14(19,20)21/h1-5H,6H2. The highest BCUT2D eigenvalue weighted by Gasteiger charge is 2.33. The van der Waals surface area contributed by atoms with E-state index in [-0.39, 0.29) is 28.8 Å². The van der Waals surface area contributed by atoms with Crippen molar-refractivity contribution in [3.05, 3.63) is 58.9 Å².